The molecule has 13 aromatic rings. The minimum absolute atomic E-state index is 0.613. The number of hydrogen-bond donors (Lipinski definition) is 0. The maximum absolute atomic E-state index is 5.42. The molecule has 0 bridgehead atoms. The van der Waals surface area contributed by atoms with Crippen molar-refractivity contribution in [1.82, 2.24) is 19.9 Å². The standard InChI is InChI=1S/C64H36N4S/c1-3-13-48-46(11-1)54-18-7-16-52-44(27-29-56(48)60(52)54)41-32-42(45-28-30-57-49-14-4-2-12-47(49)55-19-8-17-53(45)61(55)57)34-43(33-41)64-67-62(38-23-21-37(22-24-38)40-10-9-31-65-36-40)66-63(68-64)39-25-26-51-50-15-5-6-20-58(50)69-59(51)35-39/h1-36H. The Bertz CT molecular complexity index is 4090. The zero-order chi connectivity index (χ0) is 45.2. The monoisotopic (exact) mass is 892 g/mol. The second-order valence-electron chi connectivity index (χ2n) is 18.1. The molecule has 0 saturated heterocycles. The van der Waals surface area contributed by atoms with Gasteiger partial charge in [-0.05, 0) is 136 Å². The average molecular weight is 893 g/mol. The summed E-state index contributed by atoms with van der Waals surface area (Å²) in [5.74, 6) is 1.86. The summed E-state index contributed by atoms with van der Waals surface area (Å²) < 4.78 is 2.46. The lowest BCUT2D eigenvalue weighted by Crippen LogP contribution is -2.01. The summed E-state index contributed by atoms with van der Waals surface area (Å²) in [6.45, 7) is 0. The van der Waals surface area contributed by atoms with Gasteiger partial charge in [0.25, 0.3) is 0 Å². The molecule has 0 atom stereocenters. The number of rotatable bonds is 6. The van der Waals surface area contributed by atoms with Gasteiger partial charge in [-0.2, -0.15) is 0 Å². The van der Waals surface area contributed by atoms with Gasteiger partial charge in [0, 0.05) is 49.3 Å². The van der Waals surface area contributed by atoms with E-state index in [1.54, 1.807) is 17.5 Å². The zero-order valence-electron chi connectivity index (χ0n) is 37.0. The Labute approximate surface area is 401 Å². The van der Waals surface area contributed by atoms with Crippen LogP contribution >= 0.6 is 11.3 Å². The van der Waals surface area contributed by atoms with Gasteiger partial charge in [0.1, 0.15) is 0 Å². The number of aromatic nitrogens is 4. The summed E-state index contributed by atoms with van der Waals surface area (Å²) in [6, 6.07) is 75.0. The van der Waals surface area contributed by atoms with E-state index in [4.69, 9.17) is 15.0 Å². The zero-order valence-corrected chi connectivity index (χ0v) is 37.8. The second kappa shape index (κ2) is 14.8. The van der Waals surface area contributed by atoms with E-state index in [-0.39, 0.29) is 0 Å². The van der Waals surface area contributed by atoms with Crippen LogP contribution in [0.4, 0.5) is 0 Å². The number of hydrogen-bond acceptors (Lipinski definition) is 5. The summed E-state index contributed by atoms with van der Waals surface area (Å²) in [6.07, 6.45) is 3.70. The van der Waals surface area contributed by atoms with Crippen molar-refractivity contribution in [2.75, 3.05) is 0 Å². The van der Waals surface area contributed by atoms with Crippen LogP contribution in [0.15, 0.2) is 219 Å². The fourth-order valence-corrected chi connectivity index (χ4v) is 12.3. The molecule has 10 aromatic carbocycles. The van der Waals surface area contributed by atoms with E-state index in [1.807, 2.05) is 12.3 Å². The van der Waals surface area contributed by atoms with Crippen LogP contribution in [0.5, 0.6) is 0 Å². The molecule has 0 saturated carbocycles. The van der Waals surface area contributed by atoms with Gasteiger partial charge in [-0.25, -0.2) is 15.0 Å². The highest BCUT2D eigenvalue weighted by Gasteiger charge is 2.26. The Morgan fingerprint density at radius 1 is 0.261 bits per heavy atom. The third kappa shape index (κ3) is 5.88. The lowest BCUT2D eigenvalue weighted by Gasteiger charge is -2.16. The summed E-state index contributed by atoms with van der Waals surface area (Å²) >= 11 is 1.80. The van der Waals surface area contributed by atoms with Crippen molar-refractivity contribution in [3.05, 3.63) is 219 Å². The summed E-state index contributed by atoms with van der Waals surface area (Å²) in [7, 11) is 0. The van der Waals surface area contributed by atoms with Crippen LogP contribution in [0, 0.1) is 0 Å². The first kappa shape index (κ1) is 38.2. The van der Waals surface area contributed by atoms with Gasteiger partial charge in [-0.1, -0.05) is 170 Å². The summed E-state index contributed by atoms with van der Waals surface area (Å²) in [4.78, 5) is 20.5. The first-order valence-corrected chi connectivity index (χ1v) is 24.2. The van der Waals surface area contributed by atoms with E-state index in [9.17, 15) is 0 Å². The highest BCUT2D eigenvalue weighted by atomic mass is 32.1. The van der Waals surface area contributed by atoms with Crippen LogP contribution in [-0.2, 0) is 0 Å². The molecular weight excluding hydrogens is 857 g/mol. The van der Waals surface area contributed by atoms with Crippen LogP contribution in [-0.4, -0.2) is 19.9 Å². The van der Waals surface area contributed by atoms with Crippen molar-refractivity contribution in [1.29, 1.82) is 0 Å². The normalized spacial score (nSPS) is 12.1. The Kier molecular flexibility index (Phi) is 8.20. The molecule has 2 aliphatic carbocycles. The van der Waals surface area contributed by atoms with Crippen molar-refractivity contribution in [2.24, 2.45) is 0 Å². The largest absolute Gasteiger partial charge is 0.264 e. The van der Waals surface area contributed by atoms with Crippen molar-refractivity contribution in [3.63, 3.8) is 0 Å². The van der Waals surface area contributed by atoms with Gasteiger partial charge in [0.15, 0.2) is 17.5 Å². The number of benzene rings is 10. The molecule has 3 aromatic heterocycles. The third-order valence-electron chi connectivity index (χ3n) is 14.3. The Balaban J connectivity index is 0.972. The van der Waals surface area contributed by atoms with E-state index in [2.05, 4.69) is 205 Å². The number of thiophene rings is 1. The SMILES string of the molecule is c1cncc(-c2ccc(-c3nc(-c4cc(-c5ccc6c7c(cccc57)-c5ccccc5-6)cc(-c5ccc6c7c(cccc57)-c5ccccc5-6)c4)nc(-c4ccc5c(c4)sc4ccccc45)n3)cc2)c1. The molecule has 3 heterocycles. The molecule has 2 aliphatic rings. The molecular formula is C64H36N4S. The topological polar surface area (TPSA) is 51.6 Å². The minimum atomic E-state index is 0.613. The van der Waals surface area contributed by atoms with Crippen molar-refractivity contribution in [3.8, 4) is 112 Å². The molecule has 4 nitrogen and oxygen atoms in total. The summed E-state index contributed by atoms with van der Waals surface area (Å²) in [5, 5.41) is 7.53. The smallest absolute Gasteiger partial charge is 0.164 e. The van der Waals surface area contributed by atoms with E-state index in [1.165, 1.54) is 97.4 Å². The van der Waals surface area contributed by atoms with Gasteiger partial charge in [0.2, 0.25) is 0 Å². The molecule has 15 rings (SSSR count). The van der Waals surface area contributed by atoms with Crippen LogP contribution in [0.3, 0.4) is 0 Å². The molecule has 0 fully saturated rings. The Morgan fingerprint density at radius 3 is 1.33 bits per heavy atom. The van der Waals surface area contributed by atoms with Crippen molar-refractivity contribution in [2.45, 2.75) is 0 Å². The minimum Gasteiger partial charge on any atom is -0.264 e. The van der Waals surface area contributed by atoms with Crippen LogP contribution in [0.2, 0.25) is 0 Å². The van der Waals surface area contributed by atoms with E-state index >= 15 is 0 Å². The highest BCUT2D eigenvalue weighted by molar-refractivity contribution is 7.25. The fourth-order valence-electron chi connectivity index (χ4n) is 11.2. The molecule has 0 radical (unpaired) electrons. The molecule has 0 amide bonds. The quantitative estimate of drug-likeness (QED) is 0.167. The van der Waals surface area contributed by atoms with E-state index in [0.717, 1.165) is 38.9 Å². The van der Waals surface area contributed by atoms with Crippen LogP contribution in [0.1, 0.15) is 0 Å². The maximum atomic E-state index is 5.42. The van der Waals surface area contributed by atoms with Gasteiger partial charge in [0.05, 0.1) is 0 Å². The van der Waals surface area contributed by atoms with E-state index in [0.29, 0.717) is 17.5 Å². The number of pyridine rings is 1. The van der Waals surface area contributed by atoms with E-state index < -0.39 is 0 Å². The molecule has 0 unspecified atom stereocenters. The molecule has 0 N–H and O–H groups in total. The molecule has 0 spiro atoms. The Morgan fingerprint density at radius 2 is 0.725 bits per heavy atom. The molecule has 69 heavy (non-hydrogen) atoms. The fraction of sp³-hybridized carbons (Fsp3) is 0. The first-order chi connectivity index (χ1) is 34.2. The lowest BCUT2D eigenvalue weighted by molar-refractivity contribution is 1.07. The third-order valence-corrected chi connectivity index (χ3v) is 15.5. The maximum Gasteiger partial charge on any atom is 0.164 e. The lowest BCUT2D eigenvalue weighted by atomic mass is 9.89. The highest BCUT2D eigenvalue weighted by Crippen LogP contribution is 2.52. The second-order valence-corrected chi connectivity index (χ2v) is 19.2. The number of fused-ring (bicyclic) bond motifs is 9. The van der Waals surface area contributed by atoms with Gasteiger partial charge < -0.3 is 0 Å². The molecule has 0 aliphatic heterocycles. The number of nitrogens with zero attached hydrogens (tertiary/aromatic N) is 4. The van der Waals surface area contributed by atoms with Gasteiger partial charge in [-0.15, -0.1) is 11.3 Å². The predicted octanol–water partition coefficient (Wildman–Crippen LogP) is 17.2. The van der Waals surface area contributed by atoms with Crippen LogP contribution < -0.4 is 0 Å². The van der Waals surface area contributed by atoms with Crippen molar-refractivity contribution < 1.29 is 0 Å². The first-order valence-electron chi connectivity index (χ1n) is 23.3. The van der Waals surface area contributed by atoms with Crippen LogP contribution in [0.25, 0.3) is 154 Å². The van der Waals surface area contributed by atoms with Gasteiger partial charge >= 0.3 is 0 Å². The van der Waals surface area contributed by atoms with Crippen molar-refractivity contribution >= 4 is 53.1 Å². The predicted molar refractivity (Wildman–Crippen MR) is 287 cm³/mol. The Hall–Kier alpha value is -8.90. The molecule has 5 heteroatoms. The molecule has 318 valence electrons. The summed E-state index contributed by atoms with van der Waals surface area (Å²) in [5.41, 5.74) is 19.7. The van der Waals surface area contributed by atoms with Gasteiger partial charge in [-0.3, -0.25) is 4.98 Å². The average Bonchev–Trinajstić information content (AvgIpc) is 4.08.